The van der Waals surface area contributed by atoms with Gasteiger partial charge in [-0.3, -0.25) is 9.59 Å². The van der Waals surface area contributed by atoms with Gasteiger partial charge in [0.05, 0.1) is 5.41 Å². The molecule has 0 aromatic heterocycles. The topological polar surface area (TPSA) is 95.9 Å². The second kappa shape index (κ2) is 9.02. The summed E-state index contributed by atoms with van der Waals surface area (Å²) in [5, 5.41) is 12.6. The van der Waals surface area contributed by atoms with Gasteiger partial charge < -0.3 is 20.1 Å². The molecule has 0 radical (unpaired) electrons. The Kier molecular flexibility index (Phi) is 6.03. The minimum atomic E-state index is -0.846. The molecule has 7 nitrogen and oxygen atoms in total. The van der Waals surface area contributed by atoms with Gasteiger partial charge >= 0.3 is 12.1 Å². The zero-order valence-electron chi connectivity index (χ0n) is 20.2. The first-order chi connectivity index (χ1) is 16.8. The number of carbonyl (C=O) groups is 3. The number of likely N-dealkylation sites (tertiary alicyclic amines) is 1. The summed E-state index contributed by atoms with van der Waals surface area (Å²) < 4.78 is 5.65. The van der Waals surface area contributed by atoms with Crippen molar-refractivity contribution in [2.75, 3.05) is 19.7 Å². The van der Waals surface area contributed by atoms with Gasteiger partial charge in [-0.1, -0.05) is 68.8 Å². The maximum atomic E-state index is 13.4. The SMILES string of the molecule is CC(C)C(NC(=O)OCC1c2ccccc2-c2ccccc21)C(=O)N1C[C@H]2CCC[C@@]2(C(=O)O)C1. The molecule has 1 heterocycles. The van der Waals surface area contributed by atoms with Gasteiger partial charge in [0.15, 0.2) is 0 Å². The number of fused-ring (bicyclic) bond motifs is 4. The lowest BCUT2D eigenvalue weighted by Crippen LogP contribution is -2.51. The first kappa shape index (κ1) is 23.4. The molecule has 2 amide bonds. The fourth-order valence-electron chi connectivity index (χ4n) is 6.28. The van der Waals surface area contributed by atoms with Crippen LogP contribution in [0.1, 0.15) is 50.2 Å². The van der Waals surface area contributed by atoms with Crippen LogP contribution in [-0.4, -0.2) is 53.7 Å². The van der Waals surface area contributed by atoms with E-state index in [1.165, 1.54) is 0 Å². The number of hydrogen-bond donors (Lipinski definition) is 2. The zero-order chi connectivity index (χ0) is 24.7. The maximum Gasteiger partial charge on any atom is 0.407 e. The van der Waals surface area contributed by atoms with E-state index in [2.05, 4.69) is 29.6 Å². The fraction of sp³-hybridized carbons (Fsp3) is 0.464. The number of aliphatic carboxylic acids is 1. The summed E-state index contributed by atoms with van der Waals surface area (Å²) >= 11 is 0. The molecule has 3 atom stereocenters. The van der Waals surface area contributed by atoms with Crippen LogP contribution in [0.5, 0.6) is 0 Å². The molecular weight excluding hydrogens is 444 g/mol. The molecule has 2 aromatic rings. The third kappa shape index (κ3) is 3.97. The second-order valence-electron chi connectivity index (χ2n) is 10.5. The Balaban J connectivity index is 1.25. The van der Waals surface area contributed by atoms with Crippen LogP contribution in [-0.2, 0) is 14.3 Å². The molecule has 7 heteroatoms. The minimum Gasteiger partial charge on any atom is -0.481 e. The Hall–Kier alpha value is -3.35. The van der Waals surface area contributed by atoms with Crippen LogP contribution >= 0.6 is 0 Å². The summed E-state index contributed by atoms with van der Waals surface area (Å²) in [5.41, 5.74) is 3.71. The number of rotatable bonds is 6. The van der Waals surface area contributed by atoms with Gasteiger partial charge in [-0.2, -0.15) is 0 Å². The van der Waals surface area contributed by atoms with Crippen LogP contribution in [0.4, 0.5) is 4.79 Å². The van der Waals surface area contributed by atoms with E-state index in [-0.39, 0.29) is 36.8 Å². The largest absolute Gasteiger partial charge is 0.481 e. The lowest BCUT2D eigenvalue weighted by Gasteiger charge is -2.28. The summed E-state index contributed by atoms with van der Waals surface area (Å²) in [4.78, 5) is 39.8. The third-order valence-electron chi connectivity index (χ3n) is 8.16. The first-order valence-corrected chi connectivity index (χ1v) is 12.5. The highest BCUT2D eigenvalue weighted by molar-refractivity contribution is 5.88. The molecule has 1 unspecified atom stereocenters. The lowest BCUT2D eigenvalue weighted by atomic mass is 9.81. The summed E-state index contributed by atoms with van der Waals surface area (Å²) in [6.45, 7) is 4.56. The van der Waals surface area contributed by atoms with Crippen molar-refractivity contribution >= 4 is 18.0 Å². The highest BCUT2D eigenvalue weighted by Gasteiger charge is 2.56. The zero-order valence-corrected chi connectivity index (χ0v) is 20.2. The molecule has 1 aliphatic heterocycles. The van der Waals surface area contributed by atoms with Crippen LogP contribution in [0.3, 0.4) is 0 Å². The summed E-state index contributed by atoms with van der Waals surface area (Å²) in [5.74, 6) is -1.30. The Bertz CT molecular complexity index is 1120. The van der Waals surface area contributed by atoms with Crippen molar-refractivity contribution in [2.45, 2.75) is 45.1 Å². The van der Waals surface area contributed by atoms with Crippen molar-refractivity contribution in [1.82, 2.24) is 10.2 Å². The van der Waals surface area contributed by atoms with Gasteiger partial charge in [-0.15, -0.1) is 0 Å². The molecule has 2 aromatic carbocycles. The summed E-state index contributed by atoms with van der Waals surface area (Å²) in [6, 6.07) is 15.5. The Morgan fingerprint density at radius 1 is 1.09 bits per heavy atom. The van der Waals surface area contributed by atoms with Crippen molar-refractivity contribution in [2.24, 2.45) is 17.3 Å². The van der Waals surface area contributed by atoms with Crippen molar-refractivity contribution in [3.63, 3.8) is 0 Å². The number of alkyl carbamates (subject to hydrolysis) is 1. The van der Waals surface area contributed by atoms with E-state index >= 15 is 0 Å². The van der Waals surface area contributed by atoms with Gasteiger partial charge in [0.2, 0.25) is 5.91 Å². The van der Waals surface area contributed by atoms with E-state index in [9.17, 15) is 19.5 Å². The molecule has 2 fully saturated rings. The van der Waals surface area contributed by atoms with Crippen LogP contribution in [0.15, 0.2) is 48.5 Å². The molecule has 5 rings (SSSR count). The number of hydrogen-bond acceptors (Lipinski definition) is 4. The monoisotopic (exact) mass is 476 g/mol. The van der Waals surface area contributed by atoms with Crippen LogP contribution in [0, 0.1) is 17.3 Å². The van der Waals surface area contributed by atoms with Gasteiger partial charge in [-0.25, -0.2) is 4.79 Å². The van der Waals surface area contributed by atoms with E-state index in [1.807, 2.05) is 38.1 Å². The summed E-state index contributed by atoms with van der Waals surface area (Å²) in [6.07, 6.45) is 1.67. The number of carboxylic acid groups (broad SMARTS) is 1. The molecule has 2 aliphatic carbocycles. The standard InChI is InChI=1S/C28H32N2O5/c1-17(2)24(25(31)30-14-18-8-7-13-28(18,16-30)26(32)33)29-27(34)35-15-23-21-11-5-3-9-19(21)20-10-4-6-12-22(20)23/h3-6,9-12,17-18,23-24H,7-8,13-16H2,1-2H3,(H,29,34)(H,32,33)/t18-,24?,28-/m1/s1. The van der Waals surface area contributed by atoms with Crippen LogP contribution in [0.25, 0.3) is 11.1 Å². The van der Waals surface area contributed by atoms with Gasteiger partial charge in [0, 0.05) is 19.0 Å². The fourth-order valence-corrected chi connectivity index (χ4v) is 6.28. The molecule has 1 saturated heterocycles. The minimum absolute atomic E-state index is 0.0220. The van der Waals surface area contributed by atoms with Crippen LogP contribution < -0.4 is 5.32 Å². The van der Waals surface area contributed by atoms with E-state index in [1.54, 1.807) is 4.90 Å². The van der Waals surface area contributed by atoms with Crippen molar-refractivity contribution < 1.29 is 24.2 Å². The second-order valence-corrected chi connectivity index (χ2v) is 10.5. The number of carboxylic acids is 1. The molecule has 184 valence electrons. The van der Waals surface area contributed by atoms with E-state index < -0.39 is 23.5 Å². The predicted molar refractivity (Wildman–Crippen MR) is 131 cm³/mol. The Morgan fingerprint density at radius 3 is 2.29 bits per heavy atom. The molecular formula is C28H32N2O5. The molecule has 2 N–H and O–H groups in total. The average molecular weight is 477 g/mol. The average Bonchev–Trinajstić information content (AvgIpc) is 3.50. The smallest absolute Gasteiger partial charge is 0.407 e. The number of nitrogens with zero attached hydrogens (tertiary/aromatic N) is 1. The van der Waals surface area contributed by atoms with Gasteiger partial charge in [0.25, 0.3) is 0 Å². The molecule has 0 spiro atoms. The van der Waals surface area contributed by atoms with Crippen molar-refractivity contribution in [3.05, 3.63) is 59.7 Å². The first-order valence-electron chi connectivity index (χ1n) is 12.5. The number of nitrogens with one attached hydrogen (secondary N) is 1. The molecule has 1 saturated carbocycles. The number of ether oxygens (including phenoxy) is 1. The lowest BCUT2D eigenvalue weighted by molar-refractivity contribution is -0.149. The number of amides is 2. The number of benzene rings is 2. The molecule has 3 aliphatic rings. The van der Waals surface area contributed by atoms with E-state index in [0.29, 0.717) is 13.0 Å². The van der Waals surface area contributed by atoms with Gasteiger partial charge in [-0.05, 0) is 46.9 Å². The Labute approximate surface area is 205 Å². The molecule has 35 heavy (non-hydrogen) atoms. The predicted octanol–water partition coefficient (Wildman–Crippen LogP) is 4.26. The van der Waals surface area contributed by atoms with Crippen LogP contribution in [0.2, 0.25) is 0 Å². The summed E-state index contributed by atoms with van der Waals surface area (Å²) in [7, 11) is 0. The molecule has 0 bridgehead atoms. The van der Waals surface area contributed by atoms with Crippen molar-refractivity contribution in [1.29, 1.82) is 0 Å². The van der Waals surface area contributed by atoms with Crippen molar-refractivity contribution in [3.8, 4) is 11.1 Å². The normalized spacial score (nSPS) is 23.5. The third-order valence-corrected chi connectivity index (χ3v) is 8.16. The highest BCUT2D eigenvalue weighted by atomic mass is 16.5. The Morgan fingerprint density at radius 2 is 1.71 bits per heavy atom. The quantitative estimate of drug-likeness (QED) is 0.649. The number of carbonyl (C=O) groups excluding carboxylic acids is 2. The van der Waals surface area contributed by atoms with Gasteiger partial charge in [0.1, 0.15) is 12.6 Å². The van der Waals surface area contributed by atoms with E-state index in [4.69, 9.17) is 4.74 Å². The van der Waals surface area contributed by atoms with E-state index in [0.717, 1.165) is 35.1 Å². The maximum absolute atomic E-state index is 13.4. The highest BCUT2D eigenvalue weighted by Crippen LogP contribution is 2.49.